The van der Waals surface area contributed by atoms with Crippen LogP contribution in [0.2, 0.25) is 0 Å². The Morgan fingerprint density at radius 1 is 1.09 bits per heavy atom. The lowest BCUT2D eigenvalue weighted by atomic mass is 10.2. The summed E-state index contributed by atoms with van der Waals surface area (Å²) in [6.45, 7) is 2.28. The Balaban J connectivity index is 1.81. The van der Waals surface area contributed by atoms with Crippen molar-refractivity contribution in [3.8, 4) is 0 Å². The summed E-state index contributed by atoms with van der Waals surface area (Å²) in [6.07, 6.45) is 3.93. The molecule has 1 saturated heterocycles. The zero-order valence-corrected chi connectivity index (χ0v) is 12.9. The summed E-state index contributed by atoms with van der Waals surface area (Å²) in [4.78, 5) is 20.1. The first kappa shape index (κ1) is 15.5. The van der Waals surface area contributed by atoms with Crippen LogP contribution in [-0.2, 0) is 7.05 Å². The summed E-state index contributed by atoms with van der Waals surface area (Å²) >= 11 is 0. The Hall–Kier alpha value is -2.44. The standard InChI is InChI=1S/C16H18F2N4O/c1-20-9-6-19-15(16(20)23)22-8-3-7-21(10-11-22)13-5-2-4-12(17)14(13)18/h2,4-6,9H,3,7-8,10-11H2,1H3. The predicted octanol–water partition coefficient (Wildman–Crippen LogP) is 1.78. The first-order valence-electron chi connectivity index (χ1n) is 7.53. The van der Waals surface area contributed by atoms with Gasteiger partial charge in [-0.15, -0.1) is 0 Å². The van der Waals surface area contributed by atoms with Crippen molar-refractivity contribution in [3.63, 3.8) is 0 Å². The smallest absolute Gasteiger partial charge is 0.293 e. The van der Waals surface area contributed by atoms with Gasteiger partial charge in [0.05, 0.1) is 5.69 Å². The maximum absolute atomic E-state index is 14.0. The van der Waals surface area contributed by atoms with Crippen LogP contribution in [0.5, 0.6) is 0 Å². The minimum atomic E-state index is -0.845. The minimum Gasteiger partial charge on any atom is -0.367 e. The van der Waals surface area contributed by atoms with E-state index in [1.807, 2.05) is 9.80 Å². The van der Waals surface area contributed by atoms with Crippen molar-refractivity contribution in [1.29, 1.82) is 0 Å². The summed E-state index contributed by atoms with van der Waals surface area (Å²) in [5.74, 6) is -1.27. The second kappa shape index (κ2) is 6.36. The van der Waals surface area contributed by atoms with Crippen LogP contribution < -0.4 is 15.4 Å². The van der Waals surface area contributed by atoms with Crippen LogP contribution in [0.1, 0.15) is 6.42 Å². The van der Waals surface area contributed by atoms with Gasteiger partial charge in [-0.3, -0.25) is 4.79 Å². The number of hydrogen-bond donors (Lipinski definition) is 0. The highest BCUT2D eigenvalue weighted by molar-refractivity contribution is 5.49. The Morgan fingerprint density at radius 3 is 2.65 bits per heavy atom. The van der Waals surface area contributed by atoms with Crippen LogP contribution in [0.25, 0.3) is 0 Å². The molecule has 0 radical (unpaired) electrons. The van der Waals surface area contributed by atoms with E-state index in [0.717, 1.165) is 12.5 Å². The van der Waals surface area contributed by atoms with Gasteiger partial charge in [-0.1, -0.05) is 6.07 Å². The fourth-order valence-corrected chi connectivity index (χ4v) is 2.81. The van der Waals surface area contributed by atoms with E-state index in [1.165, 1.54) is 10.6 Å². The minimum absolute atomic E-state index is 0.155. The van der Waals surface area contributed by atoms with Gasteiger partial charge < -0.3 is 14.4 Å². The Bertz CT molecular complexity index is 762. The average molecular weight is 320 g/mol. The van der Waals surface area contributed by atoms with Gasteiger partial charge >= 0.3 is 0 Å². The van der Waals surface area contributed by atoms with Crippen molar-refractivity contribution in [3.05, 3.63) is 52.6 Å². The van der Waals surface area contributed by atoms with Crippen molar-refractivity contribution < 1.29 is 8.78 Å². The summed E-state index contributed by atoms with van der Waals surface area (Å²) in [7, 11) is 1.68. The molecule has 1 aliphatic heterocycles. The molecule has 23 heavy (non-hydrogen) atoms. The molecule has 3 rings (SSSR count). The molecule has 0 unspecified atom stereocenters. The van der Waals surface area contributed by atoms with Crippen LogP contribution in [0.3, 0.4) is 0 Å². The average Bonchev–Trinajstić information content (AvgIpc) is 2.79. The van der Waals surface area contributed by atoms with Crippen molar-refractivity contribution in [2.75, 3.05) is 36.0 Å². The molecule has 122 valence electrons. The fourth-order valence-electron chi connectivity index (χ4n) is 2.81. The second-order valence-electron chi connectivity index (χ2n) is 5.57. The SMILES string of the molecule is Cn1ccnc(N2CCCN(c3cccc(F)c3F)CC2)c1=O. The third-order valence-electron chi connectivity index (χ3n) is 4.07. The first-order valence-corrected chi connectivity index (χ1v) is 7.53. The van der Waals surface area contributed by atoms with Crippen LogP contribution in [0.15, 0.2) is 35.4 Å². The molecule has 5 nitrogen and oxygen atoms in total. The number of benzene rings is 1. The zero-order valence-electron chi connectivity index (χ0n) is 12.9. The van der Waals surface area contributed by atoms with Crippen molar-refractivity contribution in [1.82, 2.24) is 9.55 Å². The van der Waals surface area contributed by atoms with E-state index in [0.29, 0.717) is 32.0 Å². The van der Waals surface area contributed by atoms with Gasteiger partial charge in [0.1, 0.15) is 0 Å². The third-order valence-corrected chi connectivity index (χ3v) is 4.07. The lowest BCUT2D eigenvalue weighted by molar-refractivity contribution is 0.506. The third kappa shape index (κ3) is 3.04. The molecule has 0 aliphatic carbocycles. The van der Waals surface area contributed by atoms with Crippen LogP contribution >= 0.6 is 0 Å². The van der Waals surface area contributed by atoms with Gasteiger partial charge in [-0.25, -0.2) is 13.8 Å². The van der Waals surface area contributed by atoms with E-state index in [-0.39, 0.29) is 11.2 Å². The molecular formula is C16H18F2N4O. The molecular weight excluding hydrogens is 302 g/mol. The molecule has 1 aromatic carbocycles. The monoisotopic (exact) mass is 320 g/mol. The van der Waals surface area contributed by atoms with Gasteiger partial charge in [-0.05, 0) is 18.6 Å². The van der Waals surface area contributed by atoms with E-state index < -0.39 is 11.6 Å². The fraction of sp³-hybridized carbons (Fsp3) is 0.375. The topological polar surface area (TPSA) is 41.4 Å². The Labute approximate surface area is 132 Å². The van der Waals surface area contributed by atoms with Crippen LogP contribution in [0.4, 0.5) is 20.3 Å². The molecule has 0 saturated carbocycles. The molecule has 1 aromatic heterocycles. The van der Waals surface area contributed by atoms with Gasteiger partial charge in [0.25, 0.3) is 5.56 Å². The molecule has 0 N–H and O–H groups in total. The van der Waals surface area contributed by atoms with Gasteiger partial charge in [-0.2, -0.15) is 0 Å². The number of aromatic nitrogens is 2. The largest absolute Gasteiger partial charge is 0.367 e. The molecule has 0 spiro atoms. The second-order valence-corrected chi connectivity index (χ2v) is 5.57. The molecule has 2 aromatic rings. The summed E-state index contributed by atoms with van der Waals surface area (Å²) in [5.41, 5.74) is 0.110. The number of rotatable bonds is 2. The van der Waals surface area contributed by atoms with E-state index in [9.17, 15) is 13.6 Å². The zero-order chi connectivity index (χ0) is 16.4. The number of aryl methyl sites for hydroxylation is 1. The lowest BCUT2D eigenvalue weighted by Crippen LogP contribution is -2.36. The Kier molecular flexibility index (Phi) is 4.27. The highest BCUT2D eigenvalue weighted by Crippen LogP contribution is 2.23. The van der Waals surface area contributed by atoms with E-state index in [2.05, 4.69) is 4.98 Å². The molecule has 0 atom stereocenters. The number of hydrogen-bond acceptors (Lipinski definition) is 4. The maximum atomic E-state index is 14.0. The number of anilines is 2. The maximum Gasteiger partial charge on any atom is 0.293 e. The number of halogens is 2. The highest BCUT2D eigenvalue weighted by atomic mass is 19.2. The molecule has 0 amide bonds. The summed E-state index contributed by atoms with van der Waals surface area (Å²) in [6, 6.07) is 4.19. The summed E-state index contributed by atoms with van der Waals surface area (Å²) < 4.78 is 28.9. The van der Waals surface area contributed by atoms with Crippen LogP contribution in [-0.4, -0.2) is 35.7 Å². The quantitative estimate of drug-likeness (QED) is 0.846. The van der Waals surface area contributed by atoms with E-state index in [4.69, 9.17) is 0 Å². The number of nitrogens with zero attached hydrogens (tertiary/aromatic N) is 4. The van der Waals surface area contributed by atoms with Gasteiger partial charge in [0, 0.05) is 45.6 Å². The van der Waals surface area contributed by atoms with Crippen molar-refractivity contribution in [2.45, 2.75) is 6.42 Å². The predicted molar refractivity (Wildman–Crippen MR) is 84.9 cm³/mol. The first-order chi connectivity index (χ1) is 11.1. The van der Waals surface area contributed by atoms with E-state index in [1.54, 1.807) is 25.5 Å². The molecule has 0 bridgehead atoms. The van der Waals surface area contributed by atoms with Gasteiger partial charge in [0.2, 0.25) is 0 Å². The van der Waals surface area contributed by atoms with Crippen molar-refractivity contribution in [2.24, 2.45) is 7.05 Å². The van der Waals surface area contributed by atoms with E-state index >= 15 is 0 Å². The molecule has 2 heterocycles. The highest BCUT2D eigenvalue weighted by Gasteiger charge is 2.21. The normalized spacial score (nSPS) is 15.6. The lowest BCUT2D eigenvalue weighted by Gasteiger charge is -2.24. The van der Waals surface area contributed by atoms with Crippen LogP contribution in [0, 0.1) is 11.6 Å². The van der Waals surface area contributed by atoms with Gasteiger partial charge in [0.15, 0.2) is 17.5 Å². The molecule has 7 heteroatoms. The molecule has 1 aliphatic rings. The Morgan fingerprint density at radius 2 is 1.83 bits per heavy atom. The molecule has 1 fully saturated rings. The summed E-state index contributed by atoms with van der Waals surface area (Å²) in [5, 5.41) is 0. The van der Waals surface area contributed by atoms with Crippen molar-refractivity contribution >= 4 is 11.5 Å².